The first-order valence-corrected chi connectivity index (χ1v) is 13.4. The van der Waals surface area contributed by atoms with Gasteiger partial charge in [-0.15, -0.1) is 0 Å². The van der Waals surface area contributed by atoms with Crippen LogP contribution >= 0.6 is 0 Å². The molecular weight excluding hydrogens is 406 g/mol. The largest absolute Gasteiger partial charge is 0.363 e. The van der Waals surface area contributed by atoms with Gasteiger partial charge in [0, 0.05) is 31.4 Å². The Morgan fingerprint density at radius 2 is 1.82 bits per heavy atom. The van der Waals surface area contributed by atoms with Gasteiger partial charge in [-0.1, -0.05) is 69.7 Å². The summed E-state index contributed by atoms with van der Waals surface area (Å²) in [4.78, 5) is 17.3. The van der Waals surface area contributed by atoms with E-state index in [2.05, 4.69) is 62.9 Å². The van der Waals surface area contributed by atoms with E-state index in [-0.39, 0.29) is 11.9 Å². The molecule has 1 heterocycles. The Kier molecular flexibility index (Phi) is 9.85. The number of benzene rings is 1. The van der Waals surface area contributed by atoms with E-state index in [0.29, 0.717) is 12.0 Å². The van der Waals surface area contributed by atoms with Crippen LogP contribution < -0.4 is 10.6 Å². The second kappa shape index (κ2) is 12.6. The van der Waals surface area contributed by atoms with E-state index in [4.69, 9.17) is 5.73 Å². The molecule has 4 nitrogen and oxygen atoms in total. The lowest BCUT2D eigenvalue weighted by atomic mass is 9.85. The van der Waals surface area contributed by atoms with Gasteiger partial charge in [-0.25, -0.2) is 0 Å². The van der Waals surface area contributed by atoms with Crippen LogP contribution in [0.1, 0.15) is 84.6 Å². The van der Waals surface area contributed by atoms with Gasteiger partial charge in [-0.05, 0) is 69.1 Å². The summed E-state index contributed by atoms with van der Waals surface area (Å²) in [5.74, 6) is 1.48. The zero-order chi connectivity index (χ0) is 23.8. The molecule has 1 saturated carbocycles. The van der Waals surface area contributed by atoms with E-state index in [1.165, 1.54) is 61.8 Å². The first kappa shape index (κ1) is 25.8. The van der Waals surface area contributed by atoms with Crippen LogP contribution in [0.2, 0.25) is 0 Å². The molecule has 1 aromatic carbocycles. The lowest BCUT2D eigenvalue weighted by Gasteiger charge is -2.31. The minimum Gasteiger partial charge on any atom is -0.363 e. The van der Waals surface area contributed by atoms with Crippen LogP contribution in [0.15, 0.2) is 35.9 Å². The number of allylic oxidation sites excluding steroid dienone is 1. The second-order valence-corrected chi connectivity index (χ2v) is 11.1. The molecule has 0 radical (unpaired) electrons. The molecule has 2 unspecified atom stereocenters. The summed E-state index contributed by atoms with van der Waals surface area (Å²) in [6.45, 7) is 11.0. The standard InChI is InChI=1S/C29H47N3O/c1-22(2)16-19-32(27-17-18-31(21-27)29(33)28(30)20-23(3)4)26-14-12-25(13-15-26)11-10-24-8-6-5-7-9-24/h12-16,23-24,27-28H,5-11,17-21,30H2,1-4H3. The molecule has 0 spiro atoms. The number of nitrogens with two attached hydrogens (primary N) is 1. The Morgan fingerprint density at radius 1 is 1.12 bits per heavy atom. The van der Waals surface area contributed by atoms with Crippen LogP contribution in [-0.2, 0) is 11.2 Å². The summed E-state index contributed by atoms with van der Waals surface area (Å²) in [5, 5.41) is 0. The number of likely N-dealkylation sites (tertiary alicyclic amines) is 1. The molecule has 2 aliphatic rings. The van der Waals surface area contributed by atoms with Crippen LogP contribution in [0, 0.1) is 11.8 Å². The number of aryl methyl sites for hydroxylation is 1. The minimum absolute atomic E-state index is 0.117. The molecular formula is C29H47N3O. The molecule has 2 fully saturated rings. The average molecular weight is 454 g/mol. The quantitative estimate of drug-likeness (QED) is 0.446. The number of hydrogen-bond donors (Lipinski definition) is 1. The van der Waals surface area contributed by atoms with Crippen LogP contribution in [0.25, 0.3) is 0 Å². The topological polar surface area (TPSA) is 49.6 Å². The monoisotopic (exact) mass is 453 g/mol. The predicted octanol–water partition coefficient (Wildman–Crippen LogP) is 5.95. The molecule has 3 rings (SSSR count). The first-order valence-electron chi connectivity index (χ1n) is 13.4. The van der Waals surface area contributed by atoms with Crippen LogP contribution in [-0.4, -0.2) is 42.5 Å². The third kappa shape index (κ3) is 7.88. The fraction of sp³-hybridized carbons (Fsp3) is 0.690. The van der Waals surface area contributed by atoms with Crippen molar-refractivity contribution in [2.45, 2.75) is 97.6 Å². The number of carbonyl (C=O) groups excluding carboxylic acids is 1. The first-order chi connectivity index (χ1) is 15.8. The van der Waals surface area contributed by atoms with E-state index in [1.807, 2.05) is 4.90 Å². The molecule has 0 aromatic heterocycles. The van der Waals surface area contributed by atoms with Gasteiger partial charge in [0.2, 0.25) is 5.91 Å². The summed E-state index contributed by atoms with van der Waals surface area (Å²) >= 11 is 0. The maximum absolute atomic E-state index is 12.9. The Hall–Kier alpha value is -1.81. The maximum atomic E-state index is 12.9. The van der Waals surface area contributed by atoms with Gasteiger partial charge in [0.15, 0.2) is 0 Å². The summed E-state index contributed by atoms with van der Waals surface area (Å²) in [6.07, 6.45) is 13.7. The van der Waals surface area contributed by atoms with Crippen LogP contribution in [0.4, 0.5) is 5.69 Å². The summed E-state index contributed by atoms with van der Waals surface area (Å²) in [6, 6.07) is 9.20. The van der Waals surface area contributed by atoms with Gasteiger partial charge < -0.3 is 15.5 Å². The number of nitrogens with zero attached hydrogens (tertiary/aromatic N) is 2. The third-order valence-corrected chi connectivity index (χ3v) is 7.49. The van der Waals surface area contributed by atoms with Gasteiger partial charge in [0.05, 0.1) is 6.04 Å². The Balaban J connectivity index is 1.63. The fourth-order valence-electron chi connectivity index (χ4n) is 5.49. The van der Waals surface area contributed by atoms with Crippen molar-refractivity contribution < 1.29 is 4.79 Å². The molecule has 2 atom stereocenters. The SMILES string of the molecule is CC(C)=CCN(c1ccc(CCC2CCCCC2)cc1)C1CCN(C(=O)C(N)CC(C)C)C1. The lowest BCUT2D eigenvalue weighted by molar-refractivity contribution is -0.131. The predicted molar refractivity (Wildman–Crippen MR) is 141 cm³/mol. The third-order valence-electron chi connectivity index (χ3n) is 7.49. The molecule has 1 amide bonds. The number of rotatable bonds is 10. The minimum atomic E-state index is -0.376. The number of carbonyl (C=O) groups is 1. The molecule has 0 bridgehead atoms. The summed E-state index contributed by atoms with van der Waals surface area (Å²) in [7, 11) is 0. The molecule has 1 saturated heterocycles. The highest BCUT2D eigenvalue weighted by Gasteiger charge is 2.32. The average Bonchev–Trinajstić information content (AvgIpc) is 3.28. The highest BCUT2D eigenvalue weighted by Crippen LogP contribution is 2.29. The van der Waals surface area contributed by atoms with Gasteiger partial charge in [-0.2, -0.15) is 0 Å². The maximum Gasteiger partial charge on any atom is 0.239 e. The summed E-state index contributed by atoms with van der Waals surface area (Å²) < 4.78 is 0. The van der Waals surface area contributed by atoms with Crippen molar-refractivity contribution in [3.63, 3.8) is 0 Å². The lowest BCUT2D eigenvalue weighted by Crippen LogP contribution is -2.45. The molecule has 1 aromatic rings. The van der Waals surface area contributed by atoms with Crippen molar-refractivity contribution in [1.29, 1.82) is 0 Å². The smallest absolute Gasteiger partial charge is 0.239 e. The van der Waals surface area contributed by atoms with E-state index in [1.54, 1.807) is 0 Å². The van der Waals surface area contributed by atoms with E-state index >= 15 is 0 Å². The van der Waals surface area contributed by atoms with E-state index in [0.717, 1.165) is 38.4 Å². The van der Waals surface area contributed by atoms with Crippen molar-refractivity contribution in [1.82, 2.24) is 4.90 Å². The Morgan fingerprint density at radius 3 is 2.45 bits per heavy atom. The van der Waals surface area contributed by atoms with Crippen molar-refractivity contribution in [2.75, 3.05) is 24.5 Å². The number of amides is 1. The molecule has 33 heavy (non-hydrogen) atoms. The summed E-state index contributed by atoms with van der Waals surface area (Å²) in [5.41, 5.74) is 10.3. The van der Waals surface area contributed by atoms with Gasteiger partial charge in [-0.3, -0.25) is 4.79 Å². The number of anilines is 1. The van der Waals surface area contributed by atoms with E-state index < -0.39 is 0 Å². The molecule has 2 N–H and O–H groups in total. The van der Waals surface area contributed by atoms with Gasteiger partial charge in [0.1, 0.15) is 0 Å². The van der Waals surface area contributed by atoms with Gasteiger partial charge in [0.25, 0.3) is 0 Å². The van der Waals surface area contributed by atoms with Crippen LogP contribution in [0.3, 0.4) is 0 Å². The van der Waals surface area contributed by atoms with Crippen molar-refractivity contribution in [3.8, 4) is 0 Å². The normalized spacial score (nSPS) is 20.2. The zero-order valence-electron chi connectivity index (χ0n) is 21.6. The molecule has 1 aliphatic heterocycles. The van der Waals surface area contributed by atoms with Crippen LogP contribution in [0.5, 0.6) is 0 Å². The van der Waals surface area contributed by atoms with E-state index in [9.17, 15) is 4.79 Å². The highest BCUT2D eigenvalue weighted by molar-refractivity contribution is 5.82. The fourth-order valence-corrected chi connectivity index (χ4v) is 5.49. The second-order valence-electron chi connectivity index (χ2n) is 11.1. The zero-order valence-corrected chi connectivity index (χ0v) is 21.6. The molecule has 4 heteroatoms. The van der Waals surface area contributed by atoms with Gasteiger partial charge >= 0.3 is 0 Å². The Bertz CT molecular complexity index is 760. The van der Waals surface area contributed by atoms with Crippen molar-refractivity contribution >= 4 is 11.6 Å². The van der Waals surface area contributed by atoms with Crippen molar-refractivity contribution in [3.05, 3.63) is 41.5 Å². The highest BCUT2D eigenvalue weighted by atomic mass is 16.2. The molecule has 184 valence electrons. The molecule has 1 aliphatic carbocycles. The Labute approximate surface area is 202 Å². The number of hydrogen-bond acceptors (Lipinski definition) is 3. The van der Waals surface area contributed by atoms with Crippen molar-refractivity contribution in [2.24, 2.45) is 17.6 Å².